The molecule has 1 unspecified atom stereocenters. The van der Waals surface area contributed by atoms with Crippen molar-refractivity contribution in [3.05, 3.63) is 75.1 Å². The second-order valence-corrected chi connectivity index (χ2v) is 6.67. The van der Waals surface area contributed by atoms with Gasteiger partial charge < -0.3 is 4.74 Å². The van der Waals surface area contributed by atoms with Crippen LogP contribution in [0.4, 0.5) is 4.39 Å². The Balaban J connectivity index is 1.68. The van der Waals surface area contributed by atoms with Gasteiger partial charge in [0.25, 0.3) is 5.56 Å². The zero-order chi connectivity index (χ0) is 18.4. The third-order valence-corrected chi connectivity index (χ3v) is 4.67. The second kappa shape index (κ2) is 6.05. The number of hydrogen-bond acceptors (Lipinski definition) is 4. The van der Waals surface area contributed by atoms with Crippen LogP contribution in [0.5, 0.6) is 5.75 Å². The number of halogens is 1. The number of carbonyl (C=O) groups excluding carboxylic acids is 1. The Morgan fingerprint density at radius 1 is 1.27 bits per heavy atom. The summed E-state index contributed by atoms with van der Waals surface area (Å²) < 4.78 is 21.3. The highest BCUT2D eigenvalue weighted by molar-refractivity contribution is 6.03. The molecule has 4 rings (SSSR count). The third-order valence-electron chi connectivity index (χ3n) is 4.67. The number of fused-ring (bicyclic) bond motifs is 2. The van der Waals surface area contributed by atoms with Gasteiger partial charge in [0.05, 0.1) is 11.3 Å². The monoisotopic (exact) mass is 352 g/mol. The zero-order valence-corrected chi connectivity index (χ0v) is 14.5. The normalized spacial score (nSPS) is 16.1. The lowest BCUT2D eigenvalue weighted by Crippen LogP contribution is -2.16. The van der Waals surface area contributed by atoms with E-state index in [-0.39, 0.29) is 36.1 Å². The van der Waals surface area contributed by atoms with Crippen LogP contribution < -0.4 is 10.3 Å². The number of benzene rings is 1. The molecule has 1 atom stereocenters. The maximum atomic E-state index is 14.1. The molecule has 1 aliphatic carbocycles. The highest BCUT2D eigenvalue weighted by Gasteiger charge is 2.32. The highest BCUT2D eigenvalue weighted by atomic mass is 19.1. The summed E-state index contributed by atoms with van der Waals surface area (Å²) in [6.45, 7) is 3.77. The van der Waals surface area contributed by atoms with Gasteiger partial charge in [-0.05, 0) is 42.7 Å². The molecular weight excluding hydrogens is 335 g/mol. The van der Waals surface area contributed by atoms with E-state index in [4.69, 9.17) is 4.74 Å². The molecule has 1 aromatic carbocycles. The molecule has 3 aromatic rings. The minimum atomic E-state index is -0.386. The maximum Gasteiger partial charge on any atom is 0.258 e. The Kier molecular flexibility index (Phi) is 3.83. The molecule has 0 aliphatic heterocycles. The van der Waals surface area contributed by atoms with E-state index >= 15 is 0 Å². The molecule has 0 amide bonds. The van der Waals surface area contributed by atoms with Crippen molar-refractivity contribution in [3.8, 4) is 5.75 Å². The van der Waals surface area contributed by atoms with Crippen LogP contribution in [0.25, 0.3) is 5.65 Å². The first-order valence-electron chi connectivity index (χ1n) is 8.41. The standard InChI is InChI=1S/C20H17FN2O3/c1-11-5-6-23-17(7-11)22-13(9-18(23)25)10-26-16-4-3-14(21)19-12(2)8-15(24)20(16)19/h3-7,9,12H,8,10H2,1-2H3. The van der Waals surface area contributed by atoms with Gasteiger partial charge in [-0.25, -0.2) is 9.37 Å². The Bertz CT molecular complexity index is 1100. The number of nitrogens with zero attached hydrogens (tertiary/aromatic N) is 2. The van der Waals surface area contributed by atoms with Gasteiger partial charge >= 0.3 is 0 Å². The van der Waals surface area contributed by atoms with E-state index in [1.54, 1.807) is 6.20 Å². The number of Topliss-reactive ketones (excluding diaryl/α,β-unsaturated/α-hetero) is 1. The van der Waals surface area contributed by atoms with Gasteiger partial charge in [0, 0.05) is 24.2 Å². The lowest BCUT2D eigenvalue weighted by Gasteiger charge is -2.12. The summed E-state index contributed by atoms with van der Waals surface area (Å²) in [5, 5.41) is 0. The van der Waals surface area contributed by atoms with Gasteiger partial charge in [-0.15, -0.1) is 0 Å². The van der Waals surface area contributed by atoms with Gasteiger partial charge in [0.2, 0.25) is 0 Å². The first kappa shape index (κ1) is 16.4. The topological polar surface area (TPSA) is 60.7 Å². The van der Waals surface area contributed by atoms with E-state index in [1.165, 1.54) is 22.6 Å². The molecule has 5 nitrogen and oxygen atoms in total. The third kappa shape index (κ3) is 2.67. The summed E-state index contributed by atoms with van der Waals surface area (Å²) in [5.41, 5.74) is 2.50. The zero-order valence-electron chi connectivity index (χ0n) is 14.5. The second-order valence-electron chi connectivity index (χ2n) is 6.67. The molecular formula is C20H17FN2O3. The van der Waals surface area contributed by atoms with E-state index in [2.05, 4.69) is 4.98 Å². The molecule has 2 heterocycles. The molecule has 0 saturated carbocycles. The van der Waals surface area contributed by atoms with Gasteiger partial charge in [-0.1, -0.05) is 6.92 Å². The molecule has 26 heavy (non-hydrogen) atoms. The molecule has 0 saturated heterocycles. The van der Waals surface area contributed by atoms with Crippen LogP contribution in [-0.4, -0.2) is 15.2 Å². The molecule has 1 aliphatic rings. The highest BCUT2D eigenvalue weighted by Crippen LogP contribution is 2.39. The van der Waals surface area contributed by atoms with Crippen LogP contribution in [0, 0.1) is 12.7 Å². The Morgan fingerprint density at radius 2 is 2.08 bits per heavy atom. The summed E-state index contributed by atoms with van der Waals surface area (Å²) in [6.07, 6.45) is 1.96. The summed E-state index contributed by atoms with van der Waals surface area (Å²) >= 11 is 0. The summed E-state index contributed by atoms with van der Waals surface area (Å²) in [7, 11) is 0. The number of pyridine rings is 1. The predicted molar refractivity (Wildman–Crippen MR) is 94.3 cm³/mol. The van der Waals surface area contributed by atoms with E-state index in [0.717, 1.165) is 5.56 Å². The molecule has 0 radical (unpaired) electrons. The van der Waals surface area contributed by atoms with Crippen molar-refractivity contribution >= 4 is 11.4 Å². The number of hydrogen-bond donors (Lipinski definition) is 0. The van der Waals surface area contributed by atoms with Gasteiger partial charge in [0.1, 0.15) is 23.8 Å². The summed E-state index contributed by atoms with van der Waals surface area (Å²) in [4.78, 5) is 28.9. The lowest BCUT2D eigenvalue weighted by atomic mass is 10.0. The van der Waals surface area contributed by atoms with Crippen molar-refractivity contribution in [2.24, 2.45) is 0 Å². The molecule has 6 heteroatoms. The van der Waals surface area contributed by atoms with Crippen LogP contribution in [0.1, 0.15) is 46.4 Å². The minimum Gasteiger partial charge on any atom is -0.487 e. The number of aromatic nitrogens is 2. The molecule has 0 N–H and O–H groups in total. The first-order chi connectivity index (χ1) is 12.4. The quantitative estimate of drug-likeness (QED) is 0.725. The van der Waals surface area contributed by atoms with Gasteiger partial charge in [-0.2, -0.15) is 0 Å². The van der Waals surface area contributed by atoms with Crippen molar-refractivity contribution in [3.63, 3.8) is 0 Å². The number of rotatable bonds is 3. The average Bonchev–Trinajstić information content (AvgIpc) is 2.89. The van der Waals surface area contributed by atoms with E-state index < -0.39 is 0 Å². The number of aryl methyl sites for hydroxylation is 1. The number of ether oxygens (including phenoxy) is 1. The fourth-order valence-electron chi connectivity index (χ4n) is 3.43. The Hall–Kier alpha value is -3.02. The van der Waals surface area contributed by atoms with Crippen molar-refractivity contribution in [2.45, 2.75) is 32.8 Å². The van der Waals surface area contributed by atoms with Crippen molar-refractivity contribution < 1.29 is 13.9 Å². The number of carbonyl (C=O) groups is 1. The molecule has 0 bridgehead atoms. The molecule has 0 spiro atoms. The van der Waals surface area contributed by atoms with Crippen LogP contribution >= 0.6 is 0 Å². The Labute approximate surface area is 149 Å². The fourth-order valence-corrected chi connectivity index (χ4v) is 3.43. The average molecular weight is 352 g/mol. The lowest BCUT2D eigenvalue weighted by molar-refractivity contribution is 0.0986. The maximum absolute atomic E-state index is 14.1. The van der Waals surface area contributed by atoms with Crippen molar-refractivity contribution in [1.82, 2.24) is 9.38 Å². The van der Waals surface area contributed by atoms with Crippen LogP contribution in [0.3, 0.4) is 0 Å². The fraction of sp³-hybridized carbons (Fsp3) is 0.250. The largest absolute Gasteiger partial charge is 0.487 e. The number of ketones is 1. The van der Waals surface area contributed by atoms with E-state index in [9.17, 15) is 14.0 Å². The molecule has 0 fully saturated rings. The van der Waals surface area contributed by atoms with Gasteiger partial charge in [-0.3, -0.25) is 14.0 Å². The summed E-state index contributed by atoms with van der Waals surface area (Å²) in [6, 6.07) is 7.82. The summed E-state index contributed by atoms with van der Waals surface area (Å²) in [5.74, 6) is -0.332. The predicted octanol–water partition coefficient (Wildman–Crippen LogP) is 3.41. The first-order valence-corrected chi connectivity index (χ1v) is 8.41. The van der Waals surface area contributed by atoms with Crippen LogP contribution in [0.15, 0.2) is 41.3 Å². The van der Waals surface area contributed by atoms with Crippen LogP contribution in [-0.2, 0) is 6.61 Å². The molecule has 132 valence electrons. The van der Waals surface area contributed by atoms with Crippen molar-refractivity contribution in [1.29, 1.82) is 0 Å². The molecule has 2 aromatic heterocycles. The van der Waals surface area contributed by atoms with Gasteiger partial charge in [0.15, 0.2) is 5.78 Å². The smallest absolute Gasteiger partial charge is 0.258 e. The minimum absolute atomic E-state index is 0.0272. The SMILES string of the molecule is Cc1ccn2c(=O)cc(COc3ccc(F)c4c3C(=O)CC4C)nc2c1. The van der Waals surface area contributed by atoms with Crippen molar-refractivity contribution in [2.75, 3.05) is 0 Å². The van der Waals surface area contributed by atoms with E-state index in [1.807, 2.05) is 26.0 Å². The van der Waals surface area contributed by atoms with Crippen LogP contribution in [0.2, 0.25) is 0 Å². The Morgan fingerprint density at radius 3 is 2.88 bits per heavy atom. The van der Waals surface area contributed by atoms with E-state index in [0.29, 0.717) is 28.2 Å².